The molecule has 0 bridgehead atoms. The number of carbonyl (C=O) groups excluding carboxylic acids is 3. The maximum atomic E-state index is 14.5. The molecule has 164 valence electrons. The number of amides is 2. The molecule has 31 heavy (non-hydrogen) atoms. The number of furan rings is 1. The monoisotopic (exact) mass is 446 g/mol. The average Bonchev–Trinajstić information content (AvgIpc) is 3.45. The number of esters is 1. The van der Waals surface area contributed by atoms with Crippen LogP contribution in [0.2, 0.25) is 0 Å². The van der Waals surface area contributed by atoms with Gasteiger partial charge in [0.25, 0.3) is 0 Å². The van der Waals surface area contributed by atoms with E-state index in [1.807, 2.05) is 6.26 Å². The van der Waals surface area contributed by atoms with Crippen molar-refractivity contribution >= 4 is 35.2 Å². The molecule has 9 heteroatoms. The SMILES string of the molecule is CCOC(=O)[C@]1(CCSC)N[C@H](c2ccco2)[C@@H]2C(=O)N(c3ccccc3F)C(=O)[C@H]21. The zero-order chi connectivity index (χ0) is 22.2. The molecule has 0 aliphatic carbocycles. The van der Waals surface area contributed by atoms with Crippen LogP contribution in [0, 0.1) is 17.7 Å². The summed E-state index contributed by atoms with van der Waals surface area (Å²) in [7, 11) is 0. The van der Waals surface area contributed by atoms with Crippen molar-refractivity contribution in [2.24, 2.45) is 11.8 Å². The number of ether oxygens (including phenoxy) is 1. The first-order valence-electron chi connectivity index (χ1n) is 10.1. The minimum Gasteiger partial charge on any atom is -0.468 e. The number of carbonyl (C=O) groups is 3. The third-order valence-corrected chi connectivity index (χ3v) is 6.55. The normalized spacial score (nSPS) is 27.6. The first-order valence-corrected chi connectivity index (χ1v) is 11.4. The van der Waals surface area contributed by atoms with E-state index in [0.29, 0.717) is 11.5 Å². The van der Waals surface area contributed by atoms with E-state index in [1.165, 1.54) is 36.2 Å². The first kappa shape index (κ1) is 21.6. The summed E-state index contributed by atoms with van der Waals surface area (Å²) in [5, 5.41) is 3.23. The van der Waals surface area contributed by atoms with Crippen LogP contribution >= 0.6 is 11.8 Å². The van der Waals surface area contributed by atoms with Gasteiger partial charge in [-0.3, -0.25) is 19.7 Å². The van der Waals surface area contributed by atoms with Gasteiger partial charge in [0, 0.05) is 0 Å². The number of anilines is 1. The standard InChI is InChI=1S/C22H23FN2O5S/c1-3-29-21(28)22(10-12-31-2)17-16(18(24-22)15-9-6-11-30-15)19(26)25(20(17)27)14-8-5-4-7-13(14)23/h4-9,11,16-18,24H,3,10,12H2,1-2H3/t16-,17+,18-,22-/m1/s1. The van der Waals surface area contributed by atoms with E-state index in [1.54, 1.807) is 25.1 Å². The highest BCUT2D eigenvalue weighted by molar-refractivity contribution is 7.98. The lowest BCUT2D eigenvalue weighted by Crippen LogP contribution is -2.57. The Labute approximate surface area is 183 Å². The number of thioether (sulfide) groups is 1. The molecule has 2 fully saturated rings. The number of halogens is 1. The van der Waals surface area contributed by atoms with Gasteiger partial charge in [0.2, 0.25) is 11.8 Å². The van der Waals surface area contributed by atoms with Gasteiger partial charge in [0.15, 0.2) is 0 Å². The summed E-state index contributed by atoms with van der Waals surface area (Å²) in [6.07, 6.45) is 3.63. The molecule has 7 nitrogen and oxygen atoms in total. The number of benzene rings is 1. The molecule has 2 saturated heterocycles. The molecule has 1 N–H and O–H groups in total. The summed E-state index contributed by atoms with van der Waals surface area (Å²) < 4.78 is 25.4. The average molecular weight is 447 g/mol. The Balaban J connectivity index is 1.85. The predicted octanol–water partition coefficient (Wildman–Crippen LogP) is 2.92. The molecule has 0 saturated carbocycles. The van der Waals surface area contributed by atoms with E-state index >= 15 is 0 Å². The van der Waals surface area contributed by atoms with Crippen molar-refractivity contribution in [1.82, 2.24) is 5.32 Å². The molecular weight excluding hydrogens is 423 g/mol. The molecule has 3 heterocycles. The van der Waals surface area contributed by atoms with Crippen molar-refractivity contribution in [2.75, 3.05) is 23.5 Å². The number of fused-ring (bicyclic) bond motifs is 1. The largest absolute Gasteiger partial charge is 0.468 e. The quantitative estimate of drug-likeness (QED) is 0.517. The summed E-state index contributed by atoms with van der Waals surface area (Å²) >= 11 is 1.52. The number of nitrogens with zero attached hydrogens (tertiary/aromatic N) is 1. The molecule has 1 aromatic carbocycles. The van der Waals surface area contributed by atoms with Crippen LogP contribution in [-0.2, 0) is 19.1 Å². The van der Waals surface area contributed by atoms with E-state index in [4.69, 9.17) is 9.15 Å². The highest BCUT2D eigenvalue weighted by Gasteiger charge is 2.69. The zero-order valence-corrected chi connectivity index (χ0v) is 18.0. The highest BCUT2D eigenvalue weighted by atomic mass is 32.2. The number of rotatable bonds is 7. The molecule has 2 aliphatic heterocycles. The second-order valence-electron chi connectivity index (χ2n) is 7.54. The third-order valence-electron chi connectivity index (χ3n) is 5.94. The second-order valence-corrected chi connectivity index (χ2v) is 8.52. The van der Waals surface area contributed by atoms with Crippen LogP contribution in [0.4, 0.5) is 10.1 Å². The van der Waals surface area contributed by atoms with Gasteiger partial charge in [-0.05, 0) is 49.6 Å². The van der Waals surface area contributed by atoms with Crippen molar-refractivity contribution in [1.29, 1.82) is 0 Å². The van der Waals surface area contributed by atoms with Crippen LogP contribution in [0.15, 0.2) is 47.1 Å². The van der Waals surface area contributed by atoms with E-state index < -0.39 is 47.0 Å². The zero-order valence-electron chi connectivity index (χ0n) is 17.2. The molecule has 0 spiro atoms. The molecule has 2 aromatic rings. The van der Waals surface area contributed by atoms with Crippen molar-refractivity contribution in [3.63, 3.8) is 0 Å². The maximum Gasteiger partial charge on any atom is 0.327 e. The topological polar surface area (TPSA) is 88.8 Å². The van der Waals surface area contributed by atoms with E-state index in [0.717, 1.165) is 4.90 Å². The van der Waals surface area contributed by atoms with Gasteiger partial charge >= 0.3 is 5.97 Å². The van der Waals surface area contributed by atoms with Crippen molar-refractivity contribution in [3.8, 4) is 0 Å². The summed E-state index contributed by atoms with van der Waals surface area (Å²) in [5.41, 5.74) is -1.54. The fourth-order valence-electron chi connectivity index (χ4n) is 4.63. The van der Waals surface area contributed by atoms with E-state index in [9.17, 15) is 18.8 Å². The van der Waals surface area contributed by atoms with Crippen LogP contribution in [0.3, 0.4) is 0 Å². The first-order chi connectivity index (χ1) is 15.0. The Morgan fingerprint density at radius 3 is 2.68 bits per heavy atom. The summed E-state index contributed by atoms with van der Waals surface area (Å²) in [5.74, 6) is -3.43. The van der Waals surface area contributed by atoms with E-state index in [2.05, 4.69) is 5.32 Å². The van der Waals surface area contributed by atoms with Gasteiger partial charge in [0.05, 0.1) is 36.4 Å². The summed E-state index contributed by atoms with van der Waals surface area (Å²) in [4.78, 5) is 41.2. The number of hydrogen-bond acceptors (Lipinski definition) is 7. The Hall–Kier alpha value is -2.65. The molecule has 2 aliphatic rings. The Morgan fingerprint density at radius 1 is 1.26 bits per heavy atom. The number of para-hydroxylation sites is 1. The fraction of sp³-hybridized carbons (Fsp3) is 0.409. The van der Waals surface area contributed by atoms with E-state index in [-0.39, 0.29) is 18.7 Å². The minimum absolute atomic E-state index is 0.118. The van der Waals surface area contributed by atoms with Gasteiger partial charge in [-0.2, -0.15) is 11.8 Å². The lowest BCUT2D eigenvalue weighted by molar-refractivity contribution is -0.154. The van der Waals surface area contributed by atoms with Crippen LogP contribution in [0.25, 0.3) is 0 Å². The van der Waals surface area contributed by atoms with Gasteiger partial charge in [-0.15, -0.1) is 0 Å². The lowest BCUT2D eigenvalue weighted by atomic mass is 9.78. The van der Waals surface area contributed by atoms with Crippen LogP contribution < -0.4 is 10.2 Å². The van der Waals surface area contributed by atoms with Gasteiger partial charge < -0.3 is 9.15 Å². The summed E-state index contributed by atoms with van der Waals surface area (Å²) in [6, 6.07) is 8.26. The van der Waals surface area contributed by atoms with Crippen LogP contribution in [0.5, 0.6) is 0 Å². The van der Waals surface area contributed by atoms with Gasteiger partial charge in [0.1, 0.15) is 17.1 Å². The molecular formula is C22H23FN2O5S. The Morgan fingerprint density at radius 2 is 2.03 bits per heavy atom. The van der Waals surface area contributed by atoms with Crippen LogP contribution in [0.1, 0.15) is 25.1 Å². The fourth-order valence-corrected chi connectivity index (χ4v) is 5.15. The second kappa shape index (κ2) is 8.47. The van der Waals surface area contributed by atoms with Gasteiger partial charge in [-0.1, -0.05) is 12.1 Å². The number of hydrogen-bond donors (Lipinski definition) is 1. The van der Waals surface area contributed by atoms with Crippen molar-refractivity contribution in [2.45, 2.75) is 24.9 Å². The Bertz CT molecular complexity index is 998. The molecule has 2 amide bonds. The molecule has 4 rings (SSSR count). The third kappa shape index (κ3) is 3.36. The van der Waals surface area contributed by atoms with Gasteiger partial charge in [-0.25, -0.2) is 9.29 Å². The maximum absolute atomic E-state index is 14.5. The predicted molar refractivity (Wildman–Crippen MR) is 113 cm³/mol. The molecule has 1 aromatic heterocycles. The van der Waals surface area contributed by atoms with Crippen LogP contribution in [-0.4, -0.2) is 41.9 Å². The minimum atomic E-state index is -1.42. The smallest absolute Gasteiger partial charge is 0.327 e. The Kier molecular flexibility index (Phi) is 5.90. The lowest BCUT2D eigenvalue weighted by Gasteiger charge is -2.32. The molecule has 4 atom stereocenters. The van der Waals surface area contributed by atoms with Crippen molar-refractivity contribution < 1.29 is 27.9 Å². The molecule has 0 radical (unpaired) electrons. The number of imide groups is 1. The number of nitrogens with one attached hydrogen (secondary N) is 1. The van der Waals surface area contributed by atoms with Crippen molar-refractivity contribution in [3.05, 3.63) is 54.2 Å². The highest BCUT2D eigenvalue weighted by Crippen LogP contribution is 2.51. The molecule has 0 unspecified atom stereocenters. The summed E-state index contributed by atoms with van der Waals surface area (Å²) in [6.45, 7) is 1.81.